The summed E-state index contributed by atoms with van der Waals surface area (Å²) in [4.78, 5) is 12.2. The number of carbonyl (C=O) groups excluding carboxylic acids is 1. The lowest BCUT2D eigenvalue weighted by Crippen LogP contribution is -2.74. The summed E-state index contributed by atoms with van der Waals surface area (Å²) in [6.45, 7) is 0. The summed E-state index contributed by atoms with van der Waals surface area (Å²) in [6.07, 6.45) is 5.66. The summed E-state index contributed by atoms with van der Waals surface area (Å²) in [5.74, 6) is -50.4. The van der Waals surface area contributed by atoms with E-state index in [-0.39, 0.29) is 0 Å². The first kappa shape index (κ1) is 42.8. The van der Waals surface area contributed by atoms with Crippen LogP contribution in [0.3, 0.4) is 0 Å². The second-order valence-electron chi connectivity index (χ2n) is 10.9. The fourth-order valence-electron chi connectivity index (χ4n) is 4.79. The molecular weight excluding hydrogens is 727 g/mol. The molecule has 2 aliphatic rings. The molecule has 2 saturated carbocycles. The van der Waals surface area contributed by atoms with Crippen LogP contribution in [0.15, 0.2) is 0 Å². The maximum atomic E-state index is 13.0. The highest BCUT2D eigenvalue weighted by molar-refractivity contribution is 7.87. The van der Waals surface area contributed by atoms with Crippen LogP contribution in [-0.4, -0.2) is 71.0 Å². The predicted octanol–water partition coefficient (Wildman–Crippen LogP) is 9.25. The molecule has 0 aromatic carbocycles. The van der Waals surface area contributed by atoms with E-state index < -0.39 is 57.1 Å². The van der Waals surface area contributed by atoms with E-state index in [4.69, 9.17) is 17.2 Å². The van der Waals surface area contributed by atoms with Crippen molar-refractivity contribution in [2.75, 3.05) is 0 Å². The number of thiol groups is 1. The molecule has 0 radical (unpaired) electrons. The molecule has 1 unspecified atom stereocenters. The number of ketones is 1. The number of Topliss-reactive ketones (excluding diaryl/α,β-unsaturated/α-hetero) is 1. The normalized spacial score (nSPS) is 20.2. The molecule has 0 saturated heterocycles. The first-order valence-electron chi connectivity index (χ1n) is 13.2. The lowest BCUT2D eigenvalue weighted by molar-refractivity contribution is -0.458. The van der Waals surface area contributed by atoms with Crippen LogP contribution in [0.1, 0.15) is 70.6 Å². The van der Waals surface area contributed by atoms with Crippen LogP contribution in [-0.2, 0) is 14.9 Å². The SMILES string of the molecule is O=C(CC(S)C1CCCCC1)C1CCCCC1.O=S(=O)(O)C(F)(F)C(F)(F)C(F)(F)C(F)(F)C(F)(F)C(F)(F)C(F)(F)C(F)(F)F. The van der Waals surface area contributed by atoms with Crippen molar-refractivity contribution in [2.24, 2.45) is 11.8 Å². The fraction of sp³-hybridized carbons (Fsp3) is 0.957. The first-order chi connectivity index (χ1) is 20.3. The zero-order valence-electron chi connectivity index (χ0n) is 23.0. The van der Waals surface area contributed by atoms with E-state index >= 15 is 0 Å². The van der Waals surface area contributed by atoms with Crippen molar-refractivity contribution in [1.29, 1.82) is 0 Å². The third kappa shape index (κ3) is 7.64. The van der Waals surface area contributed by atoms with Crippen LogP contribution >= 0.6 is 12.6 Å². The smallest absolute Gasteiger partial charge is 0.299 e. The fourth-order valence-corrected chi connectivity index (χ4v) is 5.72. The van der Waals surface area contributed by atoms with Gasteiger partial charge in [-0.25, -0.2) is 0 Å². The number of halogens is 17. The van der Waals surface area contributed by atoms with E-state index in [9.17, 15) is 87.8 Å². The van der Waals surface area contributed by atoms with Gasteiger partial charge in [0.2, 0.25) is 0 Å². The molecule has 4 nitrogen and oxygen atoms in total. The molecule has 23 heteroatoms. The number of alkyl halides is 17. The second kappa shape index (κ2) is 13.9. The zero-order chi connectivity index (χ0) is 36.6. The van der Waals surface area contributed by atoms with Crippen LogP contribution in [0.2, 0.25) is 0 Å². The lowest BCUT2D eigenvalue weighted by atomic mass is 9.81. The molecule has 2 rings (SSSR count). The van der Waals surface area contributed by atoms with E-state index in [1.807, 2.05) is 0 Å². The summed E-state index contributed by atoms with van der Waals surface area (Å²) >= 11 is 4.71. The molecule has 0 amide bonds. The predicted molar refractivity (Wildman–Crippen MR) is 128 cm³/mol. The van der Waals surface area contributed by atoms with Crippen molar-refractivity contribution < 1.29 is 92.4 Å². The van der Waals surface area contributed by atoms with Crippen molar-refractivity contribution in [3.8, 4) is 0 Å². The van der Waals surface area contributed by atoms with Gasteiger partial charge in [0.15, 0.2) is 0 Å². The van der Waals surface area contributed by atoms with Crippen molar-refractivity contribution in [1.82, 2.24) is 0 Å². The molecule has 0 aromatic heterocycles. The minimum absolute atomic E-state index is 0.338. The second-order valence-corrected chi connectivity index (χ2v) is 13.0. The van der Waals surface area contributed by atoms with Crippen LogP contribution in [0.5, 0.6) is 0 Å². The van der Waals surface area contributed by atoms with Crippen LogP contribution < -0.4 is 0 Å². The number of rotatable bonds is 11. The van der Waals surface area contributed by atoms with Gasteiger partial charge < -0.3 is 0 Å². The molecule has 1 atom stereocenters. The number of carbonyl (C=O) groups is 1. The summed E-state index contributed by atoms with van der Waals surface area (Å²) < 4.78 is 242. The molecule has 0 spiro atoms. The van der Waals surface area contributed by atoms with E-state index in [1.54, 1.807) is 0 Å². The van der Waals surface area contributed by atoms with Gasteiger partial charge in [0, 0.05) is 17.6 Å². The van der Waals surface area contributed by atoms with Gasteiger partial charge in [-0.05, 0) is 31.6 Å². The quantitative estimate of drug-likeness (QED) is 0.125. The third-order valence-corrected chi connectivity index (χ3v) is 9.19. The Kier molecular flexibility index (Phi) is 12.9. The minimum Gasteiger partial charge on any atom is -0.299 e. The van der Waals surface area contributed by atoms with Crippen LogP contribution in [0, 0.1) is 11.8 Å². The maximum absolute atomic E-state index is 13.0. The van der Waals surface area contributed by atoms with Gasteiger partial charge in [0.1, 0.15) is 5.78 Å². The Morgan fingerprint density at radius 3 is 1.26 bits per heavy atom. The minimum atomic E-state index is -8.89. The topological polar surface area (TPSA) is 71.4 Å². The van der Waals surface area contributed by atoms with Crippen molar-refractivity contribution in [3.63, 3.8) is 0 Å². The Bertz CT molecular complexity index is 1140. The molecule has 46 heavy (non-hydrogen) atoms. The Morgan fingerprint density at radius 2 is 0.913 bits per heavy atom. The van der Waals surface area contributed by atoms with Gasteiger partial charge in [-0.2, -0.15) is 95.7 Å². The highest BCUT2D eigenvalue weighted by atomic mass is 32.2. The Hall–Kier alpha value is -1.26. The summed E-state index contributed by atoms with van der Waals surface area (Å²) in [5.41, 5.74) is 0. The van der Waals surface area contributed by atoms with Gasteiger partial charge in [-0.15, -0.1) is 0 Å². The Morgan fingerprint density at radius 1 is 0.587 bits per heavy atom. The summed E-state index contributed by atoms with van der Waals surface area (Å²) in [7, 11) is -7.89. The molecular formula is C23H27F17O4S2. The standard InChI is InChI=1S/C15H26OS.C8HF17O3S/c16-14(12-7-3-1-4-8-12)11-15(17)13-9-5-2-6-10-13;9-1(10,3(13,14)5(17,18)7(21,22)23)2(11,12)4(15,16)6(19,20)8(24,25)29(26,27)28/h12-13,15,17H,1-11H2;(H,26,27,28). The van der Waals surface area contributed by atoms with E-state index in [1.165, 1.54) is 51.4 Å². The lowest BCUT2D eigenvalue weighted by Gasteiger charge is -2.42. The highest BCUT2D eigenvalue weighted by Gasteiger charge is 2.96. The van der Waals surface area contributed by atoms with Gasteiger partial charge in [-0.1, -0.05) is 38.5 Å². The molecule has 0 heterocycles. The average Bonchev–Trinajstić information content (AvgIpc) is 2.92. The molecule has 0 aliphatic heterocycles. The maximum Gasteiger partial charge on any atom is 0.460 e. The van der Waals surface area contributed by atoms with Gasteiger partial charge >= 0.3 is 57.1 Å². The van der Waals surface area contributed by atoms with Gasteiger partial charge in [-0.3, -0.25) is 9.35 Å². The largest absolute Gasteiger partial charge is 0.460 e. The highest BCUT2D eigenvalue weighted by Crippen LogP contribution is 2.64. The number of hydrogen-bond acceptors (Lipinski definition) is 4. The molecule has 2 aliphatic carbocycles. The zero-order valence-corrected chi connectivity index (χ0v) is 24.7. The summed E-state index contributed by atoms with van der Waals surface area (Å²) in [5, 5.41) is -7.50. The average molecular weight is 755 g/mol. The third-order valence-electron chi connectivity index (χ3n) is 7.68. The molecule has 0 aromatic rings. The van der Waals surface area contributed by atoms with E-state index in [2.05, 4.69) is 0 Å². The molecule has 274 valence electrons. The molecule has 1 N–H and O–H groups in total. The Balaban J connectivity index is 0.000000522. The van der Waals surface area contributed by atoms with Crippen LogP contribution in [0.4, 0.5) is 74.6 Å². The van der Waals surface area contributed by atoms with Gasteiger partial charge in [0.05, 0.1) is 0 Å². The van der Waals surface area contributed by atoms with Gasteiger partial charge in [0.25, 0.3) is 0 Å². The van der Waals surface area contributed by atoms with E-state index in [0.717, 1.165) is 19.3 Å². The van der Waals surface area contributed by atoms with Crippen molar-refractivity contribution in [2.45, 2.75) is 123 Å². The van der Waals surface area contributed by atoms with E-state index in [0.29, 0.717) is 22.9 Å². The number of hydrogen-bond donors (Lipinski definition) is 2. The monoisotopic (exact) mass is 754 g/mol. The summed E-state index contributed by atoms with van der Waals surface area (Å²) in [6, 6.07) is 0. The Labute approximate surface area is 256 Å². The van der Waals surface area contributed by atoms with Crippen LogP contribution in [0.25, 0.3) is 0 Å². The molecule has 2 fully saturated rings. The molecule has 0 bridgehead atoms. The van der Waals surface area contributed by atoms with Crippen molar-refractivity contribution in [3.05, 3.63) is 0 Å². The first-order valence-corrected chi connectivity index (χ1v) is 15.1. The van der Waals surface area contributed by atoms with Crippen molar-refractivity contribution >= 4 is 28.5 Å².